The van der Waals surface area contributed by atoms with Crippen LogP contribution in [0.1, 0.15) is 43.1 Å². The molecule has 2 atom stereocenters. The lowest BCUT2D eigenvalue weighted by molar-refractivity contribution is 0.288. The van der Waals surface area contributed by atoms with Gasteiger partial charge in [0, 0.05) is 17.5 Å². The van der Waals surface area contributed by atoms with Crippen LogP contribution in [0.5, 0.6) is 0 Å². The molecule has 0 spiro atoms. The van der Waals surface area contributed by atoms with Crippen LogP contribution < -0.4 is 0 Å². The Morgan fingerprint density at radius 2 is 2.33 bits per heavy atom. The summed E-state index contributed by atoms with van der Waals surface area (Å²) in [5.74, 6) is 0.424. The second-order valence-electron chi connectivity index (χ2n) is 3.42. The van der Waals surface area contributed by atoms with E-state index >= 15 is 0 Å². The van der Waals surface area contributed by atoms with Crippen molar-refractivity contribution in [2.45, 2.75) is 31.9 Å². The first-order valence-corrected chi connectivity index (χ1v) is 4.38. The molecule has 2 rings (SSSR count). The van der Waals surface area contributed by atoms with E-state index in [-0.39, 0.29) is 0 Å². The Morgan fingerprint density at radius 1 is 1.50 bits per heavy atom. The Labute approximate surface area is 71.6 Å². The average Bonchev–Trinajstić information content (AvgIpc) is 2.12. The fraction of sp³-hybridized carbons (Fsp3) is 0.500. The van der Waals surface area contributed by atoms with Gasteiger partial charge in [-0.2, -0.15) is 0 Å². The van der Waals surface area contributed by atoms with Crippen LogP contribution in [0.15, 0.2) is 18.3 Å². The molecule has 1 aromatic heterocycles. The largest absolute Gasteiger partial charge is 0.261 e. The first-order chi connectivity index (χ1) is 5.79. The van der Waals surface area contributed by atoms with Crippen molar-refractivity contribution in [2.75, 3.05) is 0 Å². The van der Waals surface area contributed by atoms with Crippen molar-refractivity contribution >= 4 is 0 Å². The van der Waals surface area contributed by atoms with Crippen LogP contribution in [0.25, 0.3) is 0 Å². The molecule has 64 valence electrons. The molecule has 0 aliphatic heterocycles. The second kappa shape index (κ2) is 2.85. The van der Waals surface area contributed by atoms with E-state index in [1.807, 2.05) is 12.1 Å². The minimum absolute atomic E-state index is 0.424. The summed E-state index contributed by atoms with van der Waals surface area (Å²) < 4.78 is 13.3. The smallest absolute Gasteiger partial charge is 0.127 e. The number of hydrogen-bond acceptors (Lipinski definition) is 1. The summed E-state index contributed by atoms with van der Waals surface area (Å²) in [5.41, 5.74) is 1.76. The maximum atomic E-state index is 13.3. The van der Waals surface area contributed by atoms with Crippen LogP contribution >= 0.6 is 0 Å². The third-order valence-corrected chi connectivity index (χ3v) is 2.53. The number of hydrogen-bond donors (Lipinski definition) is 0. The molecule has 2 heteroatoms. The molecule has 0 amide bonds. The van der Waals surface area contributed by atoms with E-state index in [0.29, 0.717) is 12.3 Å². The minimum Gasteiger partial charge on any atom is -0.261 e. The molecule has 1 aliphatic rings. The Balaban J connectivity index is 2.47. The number of nitrogens with zero attached hydrogens (tertiary/aromatic N) is 1. The Bertz CT molecular complexity index is 256. The van der Waals surface area contributed by atoms with Crippen molar-refractivity contribution in [3.05, 3.63) is 29.6 Å². The van der Waals surface area contributed by atoms with E-state index < -0.39 is 6.17 Å². The summed E-state index contributed by atoms with van der Waals surface area (Å²) >= 11 is 0. The minimum atomic E-state index is -0.787. The zero-order valence-corrected chi connectivity index (χ0v) is 7.13. The molecule has 0 fully saturated rings. The van der Waals surface area contributed by atoms with Gasteiger partial charge in [-0.25, -0.2) is 4.39 Å². The van der Waals surface area contributed by atoms with Gasteiger partial charge in [-0.05, 0) is 24.8 Å². The highest BCUT2D eigenvalue weighted by atomic mass is 19.1. The maximum absolute atomic E-state index is 13.3. The van der Waals surface area contributed by atoms with E-state index in [2.05, 4.69) is 11.9 Å². The normalized spacial score (nSPS) is 28.2. The van der Waals surface area contributed by atoms with Gasteiger partial charge in [0.1, 0.15) is 6.17 Å². The van der Waals surface area contributed by atoms with E-state index in [4.69, 9.17) is 0 Å². The monoisotopic (exact) mass is 165 g/mol. The van der Waals surface area contributed by atoms with Gasteiger partial charge < -0.3 is 0 Å². The number of rotatable bonds is 0. The summed E-state index contributed by atoms with van der Waals surface area (Å²) in [4.78, 5) is 4.21. The van der Waals surface area contributed by atoms with Gasteiger partial charge in [-0.15, -0.1) is 0 Å². The van der Waals surface area contributed by atoms with Gasteiger partial charge in [-0.1, -0.05) is 13.0 Å². The fourth-order valence-electron chi connectivity index (χ4n) is 1.80. The zero-order valence-electron chi connectivity index (χ0n) is 7.13. The maximum Gasteiger partial charge on any atom is 0.127 e. The van der Waals surface area contributed by atoms with E-state index in [1.54, 1.807) is 6.20 Å². The molecule has 1 aromatic rings. The van der Waals surface area contributed by atoms with Gasteiger partial charge in [0.2, 0.25) is 0 Å². The van der Waals surface area contributed by atoms with Crippen molar-refractivity contribution in [3.63, 3.8) is 0 Å². The van der Waals surface area contributed by atoms with Crippen LogP contribution in [0.2, 0.25) is 0 Å². The van der Waals surface area contributed by atoms with Crippen molar-refractivity contribution in [1.82, 2.24) is 4.98 Å². The van der Waals surface area contributed by atoms with Crippen molar-refractivity contribution in [1.29, 1.82) is 0 Å². The lowest BCUT2D eigenvalue weighted by Crippen LogP contribution is -2.11. The summed E-state index contributed by atoms with van der Waals surface area (Å²) in [6.45, 7) is 2.11. The molecule has 0 N–H and O–H groups in total. The Morgan fingerprint density at radius 3 is 3.08 bits per heavy atom. The highest BCUT2D eigenvalue weighted by molar-refractivity contribution is 5.27. The highest BCUT2D eigenvalue weighted by Crippen LogP contribution is 2.37. The molecule has 1 aliphatic carbocycles. The highest BCUT2D eigenvalue weighted by Gasteiger charge is 2.24. The van der Waals surface area contributed by atoms with Gasteiger partial charge in [0.25, 0.3) is 0 Å². The number of halogens is 1. The molecule has 1 heterocycles. The molecule has 0 aromatic carbocycles. The van der Waals surface area contributed by atoms with Gasteiger partial charge in [-0.3, -0.25) is 4.98 Å². The molecule has 0 radical (unpaired) electrons. The van der Waals surface area contributed by atoms with Crippen molar-refractivity contribution in [2.24, 2.45) is 0 Å². The first-order valence-electron chi connectivity index (χ1n) is 4.38. The molecule has 0 saturated heterocycles. The lowest BCUT2D eigenvalue weighted by Gasteiger charge is -2.23. The molecule has 12 heavy (non-hydrogen) atoms. The van der Waals surface area contributed by atoms with Gasteiger partial charge >= 0.3 is 0 Å². The van der Waals surface area contributed by atoms with E-state index in [0.717, 1.165) is 17.7 Å². The van der Waals surface area contributed by atoms with Gasteiger partial charge in [0.05, 0.1) is 0 Å². The molecule has 0 bridgehead atoms. The van der Waals surface area contributed by atoms with Crippen LogP contribution in [0.3, 0.4) is 0 Å². The van der Waals surface area contributed by atoms with Gasteiger partial charge in [0.15, 0.2) is 0 Å². The zero-order chi connectivity index (χ0) is 8.55. The summed E-state index contributed by atoms with van der Waals surface area (Å²) in [6, 6.07) is 3.66. The number of aromatic nitrogens is 1. The Hall–Kier alpha value is -0.920. The summed E-state index contributed by atoms with van der Waals surface area (Å²) in [5, 5.41) is 0. The number of fused-ring (bicyclic) bond motifs is 1. The lowest BCUT2D eigenvalue weighted by atomic mass is 9.87. The topological polar surface area (TPSA) is 12.9 Å². The van der Waals surface area contributed by atoms with E-state index in [1.165, 1.54) is 0 Å². The number of alkyl halides is 1. The third-order valence-electron chi connectivity index (χ3n) is 2.53. The molecule has 0 unspecified atom stereocenters. The van der Waals surface area contributed by atoms with Crippen LogP contribution in [-0.4, -0.2) is 4.98 Å². The first kappa shape index (κ1) is 7.71. The molecule has 0 saturated carbocycles. The second-order valence-corrected chi connectivity index (χ2v) is 3.42. The summed E-state index contributed by atoms with van der Waals surface area (Å²) in [7, 11) is 0. The SMILES string of the molecule is C[C@@H]1CC[C@H](F)c2cccnc21. The van der Waals surface area contributed by atoms with Crippen LogP contribution in [-0.2, 0) is 0 Å². The quantitative estimate of drug-likeness (QED) is 0.576. The Kier molecular flexibility index (Phi) is 1.83. The predicted octanol–water partition coefficient (Wildman–Crippen LogP) is 2.99. The molecular formula is C10H12FN. The predicted molar refractivity (Wildman–Crippen MR) is 45.7 cm³/mol. The van der Waals surface area contributed by atoms with Crippen molar-refractivity contribution in [3.8, 4) is 0 Å². The standard InChI is InChI=1S/C10H12FN/c1-7-4-5-9(11)8-3-2-6-12-10(7)8/h2-3,6-7,9H,4-5H2,1H3/t7-,9+/m1/s1. The van der Waals surface area contributed by atoms with E-state index in [9.17, 15) is 4.39 Å². The molecule has 1 nitrogen and oxygen atoms in total. The van der Waals surface area contributed by atoms with Crippen molar-refractivity contribution < 1.29 is 4.39 Å². The van der Waals surface area contributed by atoms with Crippen LogP contribution in [0.4, 0.5) is 4.39 Å². The summed E-state index contributed by atoms with van der Waals surface area (Å²) in [6.07, 6.45) is 2.53. The average molecular weight is 165 g/mol. The third kappa shape index (κ3) is 1.11. The number of pyridine rings is 1. The molecular weight excluding hydrogens is 153 g/mol. The fourth-order valence-corrected chi connectivity index (χ4v) is 1.80. The van der Waals surface area contributed by atoms with Crippen LogP contribution in [0, 0.1) is 0 Å².